The van der Waals surface area contributed by atoms with Crippen molar-refractivity contribution >= 4 is 208 Å². The van der Waals surface area contributed by atoms with Crippen LogP contribution in [0, 0.1) is 20.8 Å². The highest BCUT2D eigenvalue weighted by molar-refractivity contribution is 9.11. The lowest BCUT2D eigenvalue weighted by Crippen LogP contribution is -2.43. The van der Waals surface area contributed by atoms with Crippen LogP contribution in [0.5, 0.6) is 0 Å². The summed E-state index contributed by atoms with van der Waals surface area (Å²) in [5.74, 6) is -0.953. The van der Waals surface area contributed by atoms with Gasteiger partial charge in [-0.2, -0.15) is 0 Å². The average molecular weight is 2100 g/mol. The molecule has 19 rings (SSSR count). The molecule has 28 nitrogen and oxygen atoms in total. The Bertz CT molecular complexity index is 7260. The minimum Gasteiger partial charge on any atom is -0.475 e. The number of carbonyl (C=O) groups is 4. The zero-order valence-electron chi connectivity index (χ0n) is 68.6. The van der Waals surface area contributed by atoms with E-state index in [9.17, 15) is 47.9 Å². The largest absolute Gasteiger partial charge is 0.475 e. The van der Waals surface area contributed by atoms with Crippen LogP contribution in [0.1, 0.15) is 85.1 Å². The summed E-state index contributed by atoms with van der Waals surface area (Å²) in [6, 6.07) is 50.6. The number of halogens is 6. The summed E-state index contributed by atoms with van der Waals surface area (Å²) in [7, 11) is 2.79. The number of carbonyl (C=O) groups excluding carboxylic acids is 3. The Hall–Kier alpha value is -12.3. The van der Waals surface area contributed by atoms with E-state index in [0.29, 0.717) is 89.0 Å². The molecular formula is C93H78Br6N10O18. The zero-order chi connectivity index (χ0) is 90.9. The predicted octanol–water partition coefficient (Wildman–Crippen LogP) is 19.1. The molecule has 0 bridgehead atoms. The fraction of sp³-hybridized carbons (Fsp3) is 0.172. The van der Waals surface area contributed by atoms with E-state index in [2.05, 4.69) is 126 Å². The molecule has 650 valence electrons. The summed E-state index contributed by atoms with van der Waals surface area (Å²) >= 11 is 19.4. The molecule has 2 aliphatic rings. The van der Waals surface area contributed by atoms with E-state index in [1.54, 1.807) is 97.2 Å². The molecule has 6 aromatic carbocycles. The van der Waals surface area contributed by atoms with Gasteiger partial charge in [-0.3, -0.25) is 48.0 Å². The molecule has 2 aliphatic heterocycles. The Morgan fingerprint density at radius 1 is 0.457 bits per heavy atom. The molecule has 127 heavy (non-hydrogen) atoms. The molecule has 0 aliphatic carbocycles. The zero-order valence-corrected chi connectivity index (χ0v) is 78.2. The summed E-state index contributed by atoms with van der Waals surface area (Å²) in [5.41, 5.74) is 14.2. The highest BCUT2D eigenvalue weighted by Gasteiger charge is 2.21. The third-order valence-electron chi connectivity index (χ3n) is 19.2. The van der Waals surface area contributed by atoms with Crippen molar-refractivity contribution in [2.45, 2.75) is 47.0 Å². The Labute approximate surface area is 772 Å². The van der Waals surface area contributed by atoms with Crippen LogP contribution in [0.3, 0.4) is 0 Å². The first-order chi connectivity index (χ1) is 60.8. The molecule has 0 saturated carbocycles. The number of alkyl halides is 1. The summed E-state index contributed by atoms with van der Waals surface area (Å²) < 4.78 is 40.7. The van der Waals surface area contributed by atoms with Gasteiger partial charge in [0.15, 0.2) is 67.2 Å². The first-order valence-corrected chi connectivity index (χ1v) is 44.1. The molecule has 34 heteroatoms. The van der Waals surface area contributed by atoms with Gasteiger partial charge >= 0.3 is 11.9 Å². The number of pyridine rings is 3. The molecule has 0 radical (unpaired) electrons. The molecule has 11 aromatic heterocycles. The Morgan fingerprint density at radius 2 is 0.827 bits per heavy atom. The number of carboxylic acid groups (broad SMARTS) is 1. The number of hydrogen-bond acceptors (Lipinski definition) is 24. The lowest BCUT2D eigenvalue weighted by molar-refractivity contribution is -0.0773. The smallest absolute Gasteiger partial charge is 0.371 e. The number of hydrogen-bond donors (Lipinski definition) is 4. The maximum absolute atomic E-state index is 12.8. The summed E-state index contributed by atoms with van der Waals surface area (Å²) in [5, 5.41) is 19.3. The van der Waals surface area contributed by atoms with Gasteiger partial charge in [0.2, 0.25) is 11.5 Å². The maximum atomic E-state index is 12.8. The van der Waals surface area contributed by atoms with Crippen molar-refractivity contribution in [2.24, 2.45) is 0 Å². The SMILES string of the molecule is C1CCNCC1.CC(=O)c1cc(=O)c2cc(Br)ccc2o1.CON(C)C(=O)c1cc(=O)c2cc(Br)ccc2o1.Cc1ccn2cc(-c3cc(=O)c4cc(Br)ccc4o3)nc2c1.Cc1ccn2cc(-c3cc(=O)c4cc(N5CCNCC5)ccc4o3)nc2c1.Cc1ccnc(N)c1.O=C(CBr)c1cc(=O)c2cc(Br)ccc2o1.O=C(O)c1cc(=O)c2cc(Br)ccc2o1. The summed E-state index contributed by atoms with van der Waals surface area (Å²) in [6.45, 7) is 13.7. The standard InChI is InChI=1S/C21H20N4O2.C17H11BrN2O2.C12H10BrNO4.C11H6Br2O3.C11H7BrO3.C10H5BrO4.C6H8N2.C5H11N/c1-14-4-7-25-13-17(23-21(25)10-14)20-12-18(26)16-11-15(2-3-19(16)27-20)24-8-5-22-6-9-24;1-10-4-5-20-9-13(19-17(20)6-10)16-8-14(21)12-7-11(18)2-3-15(12)22-16;1-14(17-2)12(16)11-6-9(15)8-5-7(13)3-4-10(8)18-11;12-5-9(15)11-4-8(14)7-3-6(13)1-2-10(7)16-11;1-6(13)11-5-9(14)8-4-7(12)2-3-10(8)15-11;11-5-1-2-8-6(3-5)7(12)4-9(15-8)10(13)14;1-5-2-3-8-6(7)4-5;1-2-4-6-5-3-1/h2-4,7,10-13,22H,5-6,8-9H2,1H3;2-9H,1H3;3-6H,1-2H3;1-4H,5H2;2-5H,1H3;1-4H,(H,13,14);2-4H,1H3,(H2,7,8);6H,1-5H2. The predicted molar refractivity (Wildman–Crippen MR) is 511 cm³/mol. The highest BCUT2D eigenvalue weighted by Crippen LogP contribution is 2.30. The molecule has 2 fully saturated rings. The quantitative estimate of drug-likeness (QED) is 0.0592. The molecule has 0 spiro atoms. The van der Waals surface area contributed by atoms with Gasteiger partial charge in [-0.05, 0) is 209 Å². The second kappa shape index (κ2) is 43.3. The number of anilines is 2. The van der Waals surface area contributed by atoms with Crippen molar-refractivity contribution in [3.63, 3.8) is 0 Å². The number of rotatable bonds is 9. The van der Waals surface area contributed by atoms with E-state index < -0.39 is 11.9 Å². The maximum Gasteiger partial charge on any atom is 0.371 e. The Morgan fingerprint density at radius 3 is 1.21 bits per heavy atom. The molecule has 13 heterocycles. The lowest BCUT2D eigenvalue weighted by Gasteiger charge is -2.29. The van der Waals surface area contributed by atoms with Crippen LogP contribution in [0.25, 0.3) is 100 Å². The van der Waals surface area contributed by atoms with Gasteiger partial charge in [0.25, 0.3) is 0 Å². The first-order valence-electron chi connectivity index (χ1n) is 39.0. The number of amides is 1. The molecule has 5 N–H and O–H groups in total. The van der Waals surface area contributed by atoms with Gasteiger partial charge in [-0.1, -0.05) is 102 Å². The number of imidazole rings is 2. The van der Waals surface area contributed by atoms with Crippen LogP contribution in [0.4, 0.5) is 11.5 Å². The molecule has 0 unspecified atom stereocenters. The molecule has 1 amide bonds. The van der Waals surface area contributed by atoms with E-state index in [0.717, 1.165) is 99.4 Å². The van der Waals surface area contributed by atoms with E-state index >= 15 is 0 Å². The topological polar surface area (TPSA) is 383 Å². The molecular weight excluding hydrogens is 2020 g/mol. The minimum atomic E-state index is -1.25. The number of Topliss-reactive ketones (excluding diaryl/α,β-unsaturated/α-hetero) is 2. The van der Waals surface area contributed by atoms with Gasteiger partial charge in [-0.25, -0.2) is 24.8 Å². The van der Waals surface area contributed by atoms with Crippen molar-refractivity contribution in [1.29, 1.82) is 0 Å². The average Bonchev–Trinajstić information content (AvgIpc) is 1.77. The van der Waals surface area contributed by atoms with Crippen molar-refractivity contribution in [3.8, 4) is 22.9 Å². The number of fused-ring (bicyclic) bond motifs is 8. The van der Waals surface area contributed by atoms with Crippen molar-refractivity contribution in [1.82, 2.24) is 39.5 Å². The van der Waals surface area contributed by atoms with Crippen LogP contribution in [0.15, 0.2) is 291 Å². The van der Waals surface area contributed by atoms with Crippen molar-refractivity contribution in [3.05, 3.63) is 336 Å². The fourth-order valence-electron chi connectivity index (χ4n) is 12.8. The normalized spacial score (nSPS) is 12.2. The Kier molecular flexibility index (Phi) is 32.0. The van der Waals surface area contributed by atoms with E-state index in [4.69, 9.17) is 42.2 Å². The number of benzene rings is 6. The monoisotopic (exact) mass is 2100 g/mol. The second-order valence-electron chi connectivity index (χ2n) is 28.6. The van der Waals surface area contributed by atoms with Gasteiger partial charge in [0.05, 0.1) is 44.8 Å². The highest BCUT2D eigenvalue weighted by atomic mass is 79.9. The number of piperazine rings is 1. The number of aryl methyl sites for hydroxylation is 3. The number of nitrogen functional groups attached to an aromatic ring is 1. The van der Waals surface area contributed by atoms with E-state index in [-0.39, 0.29) is 78.1 Å². The molecule has 17 aromatic rings. The third-order valence-corrected chi connectivity index (χ3v) is 22.2. The van der Waals surface area contributed by atoms with Crippen molar-refractivity contribution < 1.29 is 55.6 Å². The van der Waals surface area contributed by atoms with Gasteiger partial charge in [0.1, 0.15) is 62.0 Å². The van der Waals surface area contributed by atoms with Crippen LogP contribution in [-0.2, 0) is 4.84 Å². The number of nitrogens with zero attached hydrogens (tertiary/aromatic N) is 7. The molecule has 2 saturated heterocycles. The van der Waals surface area contributed by atoms with E-state index in [1.165, 1.54) is 71.6 Å². The summed E-state index contributed by atoms with van der Waals surface area (Å²) in [4.78, 5) is 137. The number of piperidine rings is 1. The number of ketones is 2. The number of aromatic nitrogens is 5. The molecule has 0 atom stereocenters. The van der Waals surface area contributed by atoms with Gasteiger partial charge in [0, 0.05) is 136 Å². The second-order valence-corrected chi connectivity index (χ2v) is 33.8. The minimum absolute atomic E-state index is 0.0449. The fourth-order valence-corrected chi connectivity index (χ4v) is 14.8. The number of carboxylic acids is 1. The number of aromatic carboxylic acids is 1. The van der Waals surface area contributed by atoms with Crippen molar-refractivity contribution in [2.75, 3.05) is 69.4 Å². The van der Waals surface area contributed by atoms with Crippen LogP contribution in [-0.4, -0.2) is 116 Å². The summed E-state index contributed by atoms with van der Waals surface area (Å²) in [6.07, 6.45) is 13.6. The van der Waals surface area contributed by atoms with Gasteiger partial charge in [-0.15, -0.1) is 0 Å². The van der Waals surface area contributed by atoms with Gasteiger partial charge < -0.3 is 61.7 Å². The number of nitrogens with two attached hydrogens (primary N) is 1. The van der Waals surface area contributed by atoms with Crippen LogP contribution in [0.2, 0.25) is 0 Å². The number of nitrogens with one attached hydrogen (secondary N) is 2. The Balaban J connectivity index is 0.000000136. The van der Waals surface area contributed by atoms with Crippen LogP contribution >= 0.6 is 95.6 Å². The van der Waals surface area contributed by atoms with E-state index in [1.807, 2.05) is 115 Å². The number of hydroxylamine groups is 2. The third kappa shape index (κ3) is 24.7. The first kappa shape index (κ1) is 93.9. The van der Waals surface area contributed by atoms with Crippen LogP contribution < -0.4 is 53.8 Å². The lowest BCUT2D eigenvalue weighted by atomic mass is 10.1.